The Morgan fingerprint density at radius 2 is 1.80 bits per heavy atom. The zero-order chi connectivity index (χ0) is 14.0. The van der Waals surface area contributed by atoms with Crippen LogP contribution in [0, 0.1) is 5.92 Å². The van der Waals surface area contributed by atoms with Gasteiger partial charge in [-0.15, -0.1) is 0 Å². The number of nitrogens with zero attached hydrogens (tertiary/aromatic N) is 2. The van der Waals surface area contributed by atoms with Gasteiger partial charge in [-0.05, 0) is 38.1 Å². The number of ether oxygens (including phenoxy) is 1. The van der Waals surface area contributed by atoms with E-state index in [1.165, 1.54) is 12.8 Å². The summed E-state index contributed by atoms with van der Waals surface area (Å²) in [6, 6.07) is 0.512. The summed E-state index contributed by atoms with van der Waals surface area (Å²) in [5.41, 5.74) is 0. The third-order valence-corrected chi connectivity index (χ3v) is 6.71. The number of rotatable bonds is 3. The summed E-state index contributed by atoms with van der Waals surface area (Å²) in [4.78, 5) is 0. The SMILES string of the molecule is O=S(=O)(N1CCOCC1)N1CCCC(C2CCCN2)C1. The first-order valence-electron chi connectivity index (χ1n) is 7.74. The third-order valence-electron chi connectivity index (χ3n) is 4.71. The summed E-state index contributed by atoms with van der Waals surface area (Å²) in [6.45, 7) is 4.44. The van der Waals surface area contributed by atoms with Gasteiger partial charge < -0.3 is 10.1 Å². The van der Waals surface area contributed by atoms with Gasteiger partial charge in [0.25, 0.3) is 10.2 Å². The second-order valence-corrected chi connectivity index (χ2v) is 7.91. The highest BCUT2D eigenvalue weighted by Crippen LogP contribution is 2.27. The predicted molar refractivity (Wildman–Crippen MR) is 76.6 cm³/mol. The number of morpholine rings is 1. The summed E-state index contributed by atoms with van der Waals surface area (Å²) in [6.07, 6.45) is 4.53. The molecule has 2 unspecified atom stereocenters. The normalized spacial score (nSPS) is 34.4. The first kappa shape index (κ1) is 14.7. The lowest BCUT2D eigenvalue weighted by atomic mass is 9.91. The summed E-state index contributed by atoms with van der Waals surface area (Å²) >= 11 is 0. The van der Waals surface area contributed by atoms with Crippen LogP contribution >= 0.6 is 0 Å². The highest BCUT2D eigenvalue weighted by molar-refractivity contribution is 7.86. The summed E-state index contributed by atoms with van der Waals surface area (Å²) in [5.74, 6) is 0.474. The van der Waals surface area contributed by atoms with Crippen LogP contribution in [-0.4, -0.2) is 69.0 Å². The first-order valence-corrected chi connectivity index (χ1v) is 9.14. The minimum Gasteiger partial charge on any atom is -0.379 e. The van der Waals surface area contributed by atoms with E-state index in [1.807, 2.05) is 0 Å². The molecular formula is C13H25N3O3S. The Kier molecular flexibility index (Phi) is 4.62. The molecule has 0 spiro atoms. The van der Waals surface area contributed by atoms with Crippen molar-refractivity contribution in [3.63, 3.8) is 0 Å². The van der Waals surface area contributed by atoms with Crippen LogP contribution in [0.3, 0.4) is 0 Å². The van der Waals surface area contributed by atoms with Crippen molar-refractivity contribution in [3.05, 3.63) is 0 Å². The number of piperidine rings is 1. The third kappa shape index (κ3) is 3.01. The largest absolute Gasteiger partial charge is 0.379 e. The average molecular weight is 303 g/mol. The monoisotopic (exact) mass is 303 g/mol. The molecule has 0 saturated carbocycles. The highest BCUT2D eigenvalue weighted by atomic mass is 32.2. The summed E-state index contributed by atoms with van der Waals surface area (Å²) in [5, 5.41) is 3.52. The van der Waals surface area contributed by atoms with Crippen LogP contribution in [0.25, 0.3) is 0 Å². The predicted octanol–water partition coefficient (Wildman–Crippen LogP) is 0.0274. The Morgan fingerprint density at radius 3 is 2.50 bits per heavy atom. The van der Waals surface area contributed by atoms with Gasteiger partial charge in [-0.3, -0.25) is 0 Å². The average Bonchev–Trinajstić information content (AvgIpc) is 3.03. The van der Waals surface area contributed by atoms with Crippen LogP contribution in [0.15, 0.2) is 0 Å². The molecule has 0 aromatic heterocycles. The van der Waals surface area contributed by atoms with Crippen molar-refractivity contribution in [2.45, 2.75) is 31.7 Å². The standard InChI is InChI=1S/C13H25N3O3S/c17-20(18,15-7-9-19-10-8-15)16-6-2-3-12(11-16)13-4-1-5-14-13/h12-14H,1-11H2. The van der Waals surface area contributed by atoms with Gasteiger partial charge in [0.05, 0.1) is 13.2 Å². The minimum atomic E-state index is -3.29. The van der Waals surface area contributed by atoms with Crippen molar-refractivity contribution in [1.82, 2.24) is 13.9 Å². The molecule has 1 N–H and O–H groups in total. The molecule has 3 heterocycles. The molecule has 116 valence electrons. The van der Waals surface area contributed by atoms with Crippen LogP contribution in [-0.2, 0) is 14.9 Å². The smallest absolute Gasteiger partial charge is 0.282 e. The second kappa shape index (κ2) is 6.27. The second-order valence-electron chi connectivity index (χ2n) is 5.98. The lowest BCUT2D eigenvalue weighted by molar-refractivity contribution is 0.0687. The van der Waals surface area contributed by atoms with Crippen molar-refractivity contribution in [2.24, 2.45) is 5.92 Å². The highest BCUT2D eigenvalue weighted by Gasteiger charge is 2.37. The van der Waals surface area contributed by atoms with Gasteiger partial charge in [-0.2, -0.15) is 17.0 Å². The van der Waals surface area contributed by atoms with E-state index in [4.69, 9.17) is 4.74 Å². The molecule has 0 aromatic rings. The van der Waals surface area contributed by atoms with Crippen molar-refractivity contribution in [3.8, 4) is 0 Å². The van der Waals surface area contributed by atoms with Crippen LogP contribution in [0.4, 0.5) is 0 Å². The van der Waals surface area contributed by atoms with Gasteiger partial charge in [-0.1, -0.05) is 0 Å². The topological polar surface area (TPSA) is 61.9 Å². The lowest BCUT2D eigenvalue weighted by Crippen LogP contribution is -2.53. The molecule has 3 aliphatic heterocycles. The van der Waals surface area contributed by atoms with E-state index in [9.17, 15) is 8.42 Å². The van der Waals surface area contributed by atoms with Crippen LogP contribution in [0.2, 0.25) is 0 Å². The molecule has 7 heteroatoms. The molecule has 0 aliphatic carbocycles. The molecule has 20 heavy (non-hydrogen) atoms. The van der Waals surface area contributed by atoms with E-state index in [2.05, 4.69) is 5.32 Å². The molecule has 2 atom stereocenters. The summed E-state index contributed by atoms with van der Waals surface area (Å²) in [7, 11) is -3.29. The molecule has 3 aliphatic rings. The fourth-order valence-electron chi connectivity index (χ4n) is 3.57. The zero-order valence-corrected chi connectivity index (χ0v) is 12.8. The van der Waals surface area contributed by atoms with Gasteiger partial charge in [0.1, 0.15) is 0 Å². The number of hydrogen-bond acceptors (Lipinski definition) is 4. The molecule has 0 aromatic carbocycles. The lowest BCUT2D eigenvalue weighted by Gasteiger charge is -2.38. The van der Waals surface area contributed by atoms with Crippen LogP contribution in [0.5, 0.6) is 0 Å². The van der Waals surface area contributed by atoms with Crippen molar-refractivity contribution in [1.29, 1.82) is 0 Å². The Morgan fingerprint density at radius 1 is 1.00 bits per heavy atom. The maximum Gasteiger partial charge on any atom is 0.282 e. The molecule has 6 nitrogen and oxygen atoms in total. The van der Waals surface area contributed by atoms with Gasteiger partial charge in [-0.25, -0.2) is 0 Å². The van der Waals surface area contributed by atoms with E-state index in [0.717, 1.165) is 19.4 Å². The fourth-order valence-corrected chi connectivity index (χ4v) is 5.24. The van der Waals surface area contributed by atoms with Crippen molar-refractivity contribution in [2.75, 3.05) is 45.9 Å². The van der Waals surface area contributed by atoms with E-state index >= 15 is 0 Å². The number of hydrogen-bond donors (Lipinski definition) is 1. The van der Waals surface area contributed by atoms with E-state index in [1.54, 1.807) is 8.61 Å². The molecule has 3 rings (SSSR count). The van der Waals surface area contributed by atoms with E-state index in [0.29, 0.717) is 51.4 Å². The van der Waals surface area contributed by atoms with Crippen molar-refractivity contribution >= 4 is 10.2 Å². The summed E-state index contributed by atoms with van der Waals surface area (Å²) < 4.78 is 33.9. The maximum absolute atomic E-state index is 12.7. The molecule has 0 bridgehead atoms. The minimum absolute atomic E-state index is 0.474. The Labute approximate surface area is 121 Å². The van der Waals surface area contributed by atoms with Crippen molar-refractivity contribution < 1.29 is 13.2 Å². The van der Waals surface area contributed by atoms with Gasteiger partial charge in [0, 0.05) is 32.2 Å². The van der Waals surface area contributed by atoms with Crippen LogP contribution in [0.1, 0.15) is 25.7 Å². The Hall–Kier alpha value is -0.210. The van der Waals surface area contributed by atoms with Gasteiger partial charge in [0.2, 0.25) is 0 Å². The van der Waals surface area contributed by atoms with Gasteiger partial charge in [0.15, 0.2) is 0 Å². The first-order chi connectivity index (χ1) is 9.68. The maximum atomic E-state index is 12.7. The van der Waals surface area contributed by atoms with Crippen LogP contribution < -0.4 is 5.32 Å². The Bertz CT molecular complexity index is 417. The fraction of sp³-hybridized carbons (Fsp3) is 1.00. The molecule has 0 radical (unpaired) electrons. The number of nitrogens with one attached hydrogen (secondary N) is 1. The van der Waals surface area contributed by atoms with E-state index < -0.39 is 10.2 Å². The zero-order valence-electron chi connectivity index (χ0n) is 12.0. The quantitative estimate of drug-likeness (QED) is 0.799. The Balaban J connectivity index is 1.65. The van der Waals surface area contributed by atoms with Gasteiger partial charge >= 0.3 is 0 Å². The molecule has 3 saturated heterocycles. The molecule has 3 fully saturated rings. The molecule has 0 amide bonds. The van der Waals surface area contributed by atoms with E-state index in [-0.39, 0.29) is 0 Å². The molecular weight excluding hydrogens is 278 g/mol.